The molecule has 0 radical (unpaired) electrons. The van der Waals surface area contributed by atoms with Crippen LogP contribution in [-0.4, -0.2) is 0 Å². The molecule has 4 aromatic rings. The molecule has 0 aliphatic heterocycles. The molecule has 0 saturated heterocycles. The molecular formula is C27H25NS. The molecule has 0 unspecified atom stereocenters. The molecule has 0 aliphatic rings. The summed E-state index contributed by atoms with van der Waals surface area (Å²) in [5.41, 5.74) is 7.31. The average Bonchev–Trinajstić information content (AvgIpc) is 2.74. The molecular weight excluding hydrogens is 370 g/mol. The third-order valence-corrected chi connectivity index (χ3v) is 5.95. The topological polar surface area (TPSA) is 3.24 Å². The SMILES string of the molecule is Cc1ccc(Sc2ccc(N(c3ccc(C)cc3)c3ccc(C)cc3)cc2)cc1. The molecule has 0 saturated carbocycles. The molecule has 0 aliphatic carbocycles. The minimum Gasteiger partial charge on any atom is -0.311 e. The summed E-state index contributed by atoms with van der Waals surface area (Å²) in [6.07, 6.45) is 0. The molecule has 144 valence electrons. The van der Waals surface area contributed by atoms with E-state index < -0.39 is 0 Å². The van der Waals surface area contributed by atoms with Crippen LogP contribution in [0.5, 0.6) is 0 Å². The zero-order chi connectivity index (χ0) is 20.2. The highest BCUT2D eigenvalue weighted by Crippen LogP contribution is 2.36. The predicted molar refractivity (Wildman–Crippen MR) is 126 cm³/mol. The summed E-state index contributed by atoms with van der Waals surface area (Å²) >= 11 is 1.79. The standard InChI is InChI=1S/C27H25NS/c1-20-4-10-23(11-5-20)28(24-12-6-21(2)7-13-24)25-14-18-27(19-15-25)29-26-16-8-22(3)9-17-26/h4-19H,1-3H3. The van der Waals surface area contributed by atoms with Crippen molar-refractivity contribution < 1.29 is 0 Å². The zero-order valence-electron chi connectivity index (χ0n) is 17.1. The molecule has 0 heterocycles. The van der Waals surface area contributed by atoms with Crippen molar-refractivity contribution in [2.24, 2.45) is 0 Å². The van der Waals surface area contributed by atoms with E-state index in [-0.39, 0.29) is 0 Å². The summed E-state index contributed by atoms with van der Waals surface area (Å²) in [6.45, 7) is 6.36. The van der Waals surface area contributed by atoms with Crippen molar-refractivity contribution >= 4 is 28.8 Å². The number of benzene rings is 4. The smallest absolute Gasteiger partial charge is 0.0462 e. The summed E-state index contributed by atoms with van der Waals surface area (Å²) in [6, 6.07) is 34.9. The Balaban J connectivity index is 1.66. The van der Waals surface area contributed by atoms with Crippen LogP contribution in [0.4, 0.5) is 17.1 Å². The van der Waals surface area contributed by atoms with E-state index in [1.54, 1.807) is 11.8 Å². The monoisotopic (exact) mass is 395 g/mol. The maximum absolute atomic E-state index is 2.30. The predicted octanol–water partition coefficient (Wildman–Crippen LogP) is 8.23. The third-order valence-electron chi connectivity index (χ3n) is 4.94. The van der Waals surface area contributed by atoms with Gasteiger partial charge in [-0.2, -0.15) is 0 Å². The van der Waals surface area contributed by atoms with Gasteiger partial charge in [-0.3, -0.25) is 0 Å². The zero-order valence-corrected chi connectivity index (χ0v) is 17.9. The lowest BCUT2D eigenvalue weighted by Gasteiger charge is -2.26. The van der Waals surface area contributed by atoms with Gasteiger partial charge in [0.05, 0.1) is 0 Å². The molecule has 0 N–H and O–H groups in total. The molecule has 1 nitrogen and oxygen atoms in total. The van der Waals surface area contributed by atoms with Gasteiger partial charge in [-0.15, -0.1) is 0 Å². The molecule has 29 heavy (non-hydrogen) atoms. The van der Waals surface area contributed by atoms with E-state index in [1.807, 2.05) is 0 Å². The fraction of sp³-hybridized carbons (Fsp3) is 0.111. The van der Waals surface area contributed by atoms with E-state index >= 15 is 0 Å². The second kappa shape index (κ2) is 8.59. The summed E-state index contributed by atoms with van der Waals surface area (Å²) in [5.74, 6) is 0. The van der Waals surface area contributed by atoms with Crippen molar-refractivity contribution in [3.8, 4) is 0 Å². The minimum absolute atomic E-state index is 1.16. The quantitative estimate of drug-likeness (QED) is 0.335. The lowest BCUT2D eigenvalue weighted by atomic mass is 10.1. The van der Waals surface area contributed by atoms with Crippen molar-refractivity contribution in [3.05, 3.63) is 114 Å². The number of hydrogen-bond donors (Lipinski definition) is 0. The summed E-state index contributed by atoms with van der Waals surface area (Å²) < 4.78 is 0. The largest absolute Gasteiger partial charge is 0.311 e. The van der Waals surface area contributed by atoms with Gasteiger partial charge in [0.2, 0.25) is 0 Å². The first-order valence-electron chi connectivity index (χ1n) is 9.86. The molecule has 0 bridgehead atoms. The van der Waals surface area contributed by atoms with Crippen LogP contribution in [0.15, 0.2) is 107 Å². The third kappa shape index (κ3) is 4.72. The van der Waals surface area contributed by atoms with Crippen LogP contribution < -0.4 is 4.90 Å². The Morgan fingerprint density at radius 1 is 0.414 bits per heavy atom. The number of rotatable bonds is 5. The maximum Gasteiger partial charge on any atom is 0.0462 e. The Bertz CT molecular complexity index is 1020. The molecule has 4 aromatic carbocycles. The summed E-state index contributed by atoms with van der Waals surface area (Å²) in [4.78, 5) is 4.81. The molecule has 0 atom stereocenters. The Kier molecular flexibility index (Phi) is 5.73. The van der Waals surface area contributed by atoms with Crippen molar-refractivity contribution in [2.45, 2.75) is 30.6 Å². The average molecular weight is 396 g/mol. The highest BCUT2D eigenvalue weighted by Gasteiger charge is 2.12. The second-order valence-electron chi connectivity index (χ2n) is 7.42. The molecule has 0 amide bonds. The van der Waals surface area contributed by atoms with Crippen LogP contribution >= 0.6 is 11.8 Å². The highest BCUT2D eigenvalue weighted by molar-refractivity contribution is 7.99. The van der Waals surface area contributed by atoms with Gasteiger partial charge in [0.1, 0.15) is 0 Å². The van der Waals surface area contributed by atoms with E-state index in [0.29, 0.717) is 0 Å². The van der Waals surface area contributed by atoms with E-state index in [2.05, 4.69) is 123 Å². The van der Waals surface area contributed by atoms with Crippen LogP contribution in [0.1, 0.15) is 16.7 Å². The van der Waals surface area contributed by atoms with Gasteiger partial charge < -0.3 is 4.90 Å². The Hall–Kier alpha value is -2.97. The lowest BCUT2D eigenvalue weighted by Crippen LogP contribution is -2.09. The van der Waals surface area contributed by atoms with Crippen molar-refractivity contribution in [1.29, 1.82) is 0 Å². The molecule has 0 aromatic heterocycles. The van der Waals surface area contributed by atoms with Crippen molar-refractivity contribution in [3.63, 3.8) is 0 Å². The van der Waals surface area contributed by atoms with Gasteiger partial charge in [-0.05, 0) is 81.4 Å². The molecule has 0 spiro atoms. The van der Waals surface area contributed by atoms with E-state index in [1.165, 1.54) is 37.9 Å². The van der Waals surface area contributed by atoms with Crippen LogP contribution in [-0.2, 0) is 0 Å². The van der Waals surface area contributed by atoms with Crippen LogP contribution in [0.3, 0.4) is 0 Å². The lowest BCUT2D eigenvalue weighted by molar-refractivity contribution is 1.25. The van der Waals surface area contributed by atoms with E-state index in [9.17, 15) is 0 Å². The molecule has 4 rings (SSSR count). The van der Waals surface area contributed by atoms with E-state index in [4.69, 9.17) is 0 Å². The Morgan fingerprint density at radius 3 is 1.07 bits per heavy atom. The van der Waals surface area contributed by atoms with Gasteiger partial charge in [0.25, 0.3) is 0 Å². The first-order chi connectivity index (χ1) is 14.1. The molecule has 0 fully saturated rings. The first kappa shape index (κ1) is 19.4. The Morgan fingerprint density at radius 2 is 0.690 bits per heavy atom. The normalized spacial score (nSPS) is 10.7. The summed E-state index contributed by atoms with van der Waals surface area (Å²) in [7, 11) is 0. The van der Waals surface area contributed by atoms with Gasteiger partial charge in [0, 0.05) is 26.9 Å². The van der Waals surface area contributed by atoms with Gasteiger partial charge in [-0.1, -0.05) is 64.9 Å². The fourth-order valence-electron chi connectivity index (χ4n) is 3.24. The number of aryl methyl sites for hydroxylation is 3. The van der Waals surface area contributed by atoms with Crippen LogP contribution in [0, 0.1) is 20.8 Å². The van der Waals surface area contributed by atoms with E-state index in [0.717, 1.165) is 5.69 Å². The van der Waals surface area contributed by atoms with Crippen LogP contribution in [0.2, 0.25) is 0 Å². The Labute approximate surface area is 178 Å². The minimum atomic E-state index is 1.16. The van der Waals surface area contributed by atoms with Crippen LogP contribution in [0.25, 0.3) is 0 Å². The van der Waals surface area contributed by atoms with Crippen molar-refractivity contribution in [2.75, 3.05) is 4.90 Å². The van der Waals surface area contributed by atoms with Gasteiger partial charge in [-0.25, -0.2) is 0 Å². The van der Waals surface area contributed by atoms with Gasteiger partial charge >= 0.3 is 0 Å². The second-order valence-corrected chi connectivity index (χ2v) is 8.56. The number of nitrogens with zero attached hydrogens (tertiary/aromatic N) is 1. The molecule has 2 heteroatoms. The number of hydrogen-bond acceptors (Lipinski definition) is 2. The maximum atomic E-state index is 2.30. The highest BCUT2D eigenvalue weighted by atomic mass is 32.2. The number of anilines is 3. The first-order valence-corrected chi connectivity index (χ1v) is 10.7. The fourth-order valence-corrected chi connectivity index (χ4v) is 4.06. The summed E-state index contributed by atoms with van der Waals surface area (Å²) in [5, 5.41) is 0. The van der Waals surface area contributed by atoms with Gasteiger partial charge in [0.15, 0.2) is 0 Å². The van der Waals surface area contributed by atoms with Crippen molar-refractivity contribution in [1.82, 2.24) is 0 Å².